The smallest absolute Gasteiger partial charge is 0.252 e. The van der Waals surface area contributed by atoms with Crippen LogP contribution in [-0.2, 0) is 16.6 Å². The SMILES string of the molecule is Cc1ccccc1CNC1=NCCNC12CCN(S(=O)(=O)c1cccs1)CC2. The van der Waals surface area contributed by atoms with Crippen molar-refractivity contribution in [3.8, 4) is 0 Å². The zero-order chi connectivity index (χ0) is 19.6. The number of aliphatic imine (C=N–C) groups is 1. The zero-order valence-corrected chi connectivity index (χ0v) is 17.7. The second-order valence-electron chi connectivity index (χ2n) is 7.36. The molecule has 2 aromatic rings. The molecule has 0 unspecified atom stereocenters. The molecular formula is C20H26N4O2S2. The molecule has 0 aliphatic carbocycles. The standard InChI is InChI=1S/C20H26N4O2S2/c1-16-5-2-3-6-17(16)15-22-19-20(23-11-10-21-19)8-12-24(13-9-20)28(25,26)18-7-4-14-27-18/h2-7,14,23H,8-13,15H2,1H3,(H,21,22). The van der Waals surface area contributed by atoms with Crippen LogP contribution in [0.25, 0.3) is 0 Å². The number of benzene rings is 1. The van der Waals surface area contributed by atoms with Crippen LogP contribution < -0.4 is 10.6 Å². The first kappa shape index (κ1) is 19.6. The first-order valence-corrected chi connectivity index (χ1v) is 12.0. The molecule has 1 aromatic heterocycles. The Morgan fingerprint density at radius 1 is 1.21 bits per heavy atom. The van der Waals surface area contributed by atoms with Crippen LogP contribution in [0.4, 0.5) is 0 Å². The Hall–Kier alpha value is -1.74. The molecule has 3 heterocycles. The average Bonchev–Trinajstić information content (AvgIpc) is 3.25. The minimum atomic E-state index is -3.39. The van der Waals surface area contributed by atoms with Gasteiger partial charge in [0, 0.05) is 26.2 Å². The van der Waals surface area contributed by atoms with E-state index in [0.717, 1.165) is 38.3 Å². The van der Waals surface area contributed by atoms with E-state index in [9.17, 15) is 8.42 Å². The summed E-state index contributed by atoms with van der Waals surface area (Å²) in [4.78, 5) is 4.77. The molecule has 8 heteroatoms. The van der Waals surface area contributed by atoms with E-state index in [1.54, 1.807) is 21.8 Å². The van der Waals surface area contributed by atoms with E-state index in [4.69, 9.17) is 4.99 Å². The number of rotatable bonds is 4. The van der Waals surface area contributed by atoms with Gasteiger partial charge in [-0.25, -0.2) is 8.42 Å². The third-order valence-electron chi connectivity index (χ3n) is 5.67. The van der Waals surface area contributed by atoms with Crippen molar-refractivity contribution in [1.29, 1.82) is 0 Å². The van der Waals surface area contributed by atoms with Crippen LogP contribution in [0.15, 0.2) is 51.0 Å². The number of sulfonamides is 1. The number of nitrogens with zero attached hydrogens (tertiary/aromatic N) is 2. The third kappa shape index (κ3) is 3.74. The number of hydrogen-bond donors (Lipinski definition) is 2. The van der Waals surface area contributed by atoms with Crippen molar-refractivity contribution in [1.82, 2.24) is 14.9 Å². The highest BCUT2D eigenvalue weighted by Gasteiger charge is 2.43. The van der Waals surface area contributed by atoms with Crippen LogP contribution in [0.5, 0.6) is 0 Å². The van der Waals surface area contributed by atoms with Gasteiger partial charge in [0.15, 0.2) is 0 Å². The van der Waals surface area contributed by atoms with Crippen LogP contribution >= 0.6 is 11.3 Å². The number of hydrogen-bond acceptors (Lipinski definition) is 6. The van der Waals surface area contributed by atoms with Crippen molar-refractivity contribution in [2.24, 2.45) is 4.99 Å². The predicted octanol–water partition coefficient (Wildman–Crippen LogP) is 2.37. The molecule has 2 aliphatic rings. The summed E-state index contributed by atoms with van der Waals surface area (Å²) in [5, 5.41) is 8.98. The van der Waals surface area contributed by atoms with E-state index < -0.39 is 10.0 Å². The van der Waals surface area contributed by atoms with Crippen molar-refractivity contribution in [3.63, 3.8) is 0 Å². The highest BCUT2D eigenvalue weighted by Crippen LogP contribution is 2.30. The summed E-state index contributed by atoms with van der Waals surface area (Å²) >= 11 is 1.28. The van der Waals surface area contributed by atoms with Crippen LogP contribution in [0.3, 0.4) is 0 Å². The number of amidine groups is 1. The third-order valence-corrected chi connectivity index (χ3v) is 8.94. The van der Waals surface area contributed by atoms with Crippen LogP contribution in [0, 0.1) is 6.92 Å². The Bertz CT molecular complexity index is 946. The van der Waals surface area contributed by atoms with Gasteiger partial charge in [-0.2, -0.15) is 4.31 Å². The number of piperidine rings is 1. The summed E-state index contributed by atoms with van der Waals surface area (Å²) in [5.41, 5.74) is 2.25. The molecule has 6 nitrogen and oxygen atoms in total. The summed E-state index contributed by atoms with van der Waals surface area (Å²) in [6, 6.07) is 11.8. The lowest BCUT2D eigenvalue weighted by molar-refractivity contribution is 0.241. The van der Waals surface area contributed by atoms with Gasteiger partial charge >= 0.3 is 0 Å². The van der Waals surface area contributed by atoms with Crippen molar-refractivity contribution >= 4 is 27.2 Å². The van der Waals surface area contributed by atoms with E-state index in [2.05, 4.69) is 35.8 Å². The van der Waals surface area contributed by atoms with Crippen LogP contribution in [0.2, 0.25) is 0 Å². The van der Waals surface area contributed by atoms with Gasteiger partial charge in [0.1, 0.15) is 10.0 Å². The fraction of sp³-hybridized carbons (Fsp3) is 0.450. The fourth-order valence-electron chi connectivity index (χ4n) is 3.97. The first-order chi connectivity index (χ1) is 13.5. The van der Waals surface area contributed by atoms with Crippen LogP contribution in [0.1, 0.15) is 24.0 Å². The molecule has 2 aliphatic heterocycles. The Balaban J connectivity index is 1.46. The number of nitrogens with one attached hydrogen (secondary N) is 2. The molecule has 2 N–H and O–H groups in total. The molecule has 0 amide bonds. The van der Waals surface area contributed by atoms with Gasteiger partial charge in [0.05, 0.1) is 12.1 Å². The number of aryl methyl sites for hydroxylation is 1. The quantitative estimate of drug-likeness (QED) is 0.800. The zero-order valence-electron chi connectivity index (χ0n) is 16.0. The van der Waals surface area contributed by atoms with E-state index in [-0.39, 0.29) is 5.54 Å². The maximum atomic E-state index is 12.8. The molecular weight excluding hydrogens is 392 g/mol. The van der Waals surface area contributed by atoms with Crippen molar-refractivity contribution in [3.05, 3.63) is 52.9 Å². The molecule has 150 valence electrons. The molecule has 0 bridgehead atoms. The molecule has 1 spiro atoms. The Morgan fingerprint density at radius 2 is 2.00 bits per heavy atom. The molecule has 0 saturated carbocycles. The van der Waals surface area contributed by atoms with Crippen molar-refractivity contribution in [2.45, 2.75) is 36.1 Å². The molecule has 1 fully saturated rings. The van der Waals surface area contributed by atoms with Crippen LogP contribution in [-0.4, -0.2) is 50.3 Å². The lowest BCUT2D eigenvalue weighted by Crippen LogP contribution is -2.64. The molecule has 1 saturated heterocycles. The summed E-state index contributed by atoms with van der Waals surface area (Å²) < 4.78 is 27.7. The van der Waals surface area contributed by atoms with E-state index in [1.165, 1.54) is 22.5 Å². The minimum Gasteiger partial charge on any atom is -0.368 e. The predicted molar refractivity (Wildman–Crippen MR) is 113 cm³/mol. The molecule has 0 radical (unpaired) electrons. The average molecular weight is 419 g/mol. The first-order valence-electron chi connectivity index (χ1n) is 9.63. The van der Waals surface area contributed by atoms with Gasteiger partial charge in [0.25, 0.3) is 10.0 Å². The molecule has 28 heavy (non-hydrogen) atoms. The van der Waals surface area contributed by atoms with Gasteiger partial charge in [-0.3, -0.25) is 4.99 Å². The highest BCUT2D eigenvalue weighted by molar-refractivity contribution is 7.91. The number of thiophene rings is 1. The second-order valence-corrected chi connectivity index (χ2v) is 10.5. The normalized spacial score (nSPS) is 20.1. The van der Waals surface area contributed by atoms with E-state index in [0.29, 0.717) is 17.3 Å². The summed E-state index contributed by atoms with van der Waals surface area (Å²) in [6.07, 6.45) is 1.44. The highest BCUT2D eigenvalue weighted by atomic mass is 32.2. The minimum absolute atomic E-state index is 0.262. The van der Waals surface area contributed by atoms with Gasteiger partial charge < -0.3 is 10.6 Å². The van der Waals surface area contributed by atoms with Gasteiger partial charge in [-0.1, -0.05) is 30.3 Å². The maximum Gasteiger partial charge on any atom is 0.252 e. The maximum absolute atomic E-state index is 12.8. The monoisotopic (exact) mass is 418 g/mol. The lowest BCUT2D eigenvalue weighted by Gasteiger charge is -2.44. The molecule has 1 aromatic carbocycles. The molecule has 0 atom stereocenters. The Morgan fingerprint density at radius 3 is 2.71 bits per heavy atom. The second kappa shape index (κ2) is 7.94. The topological polar surface area (TPSA) is 73.8 Å². The van der Waals surface area contributed by atoms with Gasteiger partial charge in [-0.15, -0.1) is 11.3 Å². The summed E-state index contributed by atoms with van der Waals surface area (Å²) in [6.45, 7) is 5.41. The lowest BCUT2D eigenvalue weighted by atomic mass is 9.85. The summed E-state index contributed by atoms with van der Waals surface area (Å²) in [7, 11) is -3.39. The Kier molecular flexibility index (Phi) is 5.55. The summed E-state index contributed by atoms with van der Waals surface area (Å²) in [5.74, 6) is 0.968. The Labute approximate surface area is 170 Å². The molecule has 4 rings (SSSR count). The van der Waals surface area contributed by atoms with Gasteiger partial charge in [-0.05, 0) is 42.3 Å². The largest absolute Gasteiger partial charge is 0.368 e. The fourth-order valence-corrected chi connectivity index (χ4v) is 6.56. The van der Waals surface area contributed by atoms with E-state index >= 15 is 0 Å². The van der Waals surface area contributed by atoms with Crippen molar-refractivity contribution < 1.29 is 8.42 Å². The van der Waals surface area contributed by atoms with E-state index in [1.807, 2.05) is 6.07 Å². The van der Waals surface area contributed by atoms with Gasteiger partial charge in [0.2, 0.25) is 0 Å². The van der Waals surface area contributed by atoms with Crippen molar-refractivity contribution in [2.75, 3.05) is 26.2 Å².